The van der Waals surface area contributed by atoms with Crippen molar-refractivity contribution in [2.75, 3.05) is 0 Å². The van der Waals surface area contributed by atoms with Gasteiger partial charge in [-0.05, 0) is 32.1 Å². The third kappa shape index (κ3) is 5.04. The fourth-order valence-corrected chi connectivity index (χ4v) is 4.12. The summed E-state index contributed by atoms with van der Waals surface area (Å²) in [5, 5.41) is 13.5. The van der Waals surface area contributed by atoms with Crippen molar-refractivity contribution >= 4 is 16.0 Å². The monoisotopic (exact) mass is 345 g/mol. The number of carboxylic acids is 1. The van der Waals surface area contributed by atoms with E-state index in [1.807, 2.05) is 27.7 Å². The Hall–Kier alpha value is -1.41. The quantitative estimate of drug-likeness (QED) is 0.750. The summed E-state index contributed by atoms with van der Waals surface area (Å²) in [6.07, 6.45) is 0.229. The summed E-state index contributed by atoms with van der Waals surface area (Å²) in [6.45, 7) is 11.7. The van der Waals surface area contributed by atoms with Crippen molar-refractivity contribution in [3.8, 4) is 0 Å². The molecular weight excluding hydrogens is 318 g/mol. The predicted octanol–water partition coefficient (Wildman–Crippen LogP) is 1.93. The van der Waals surface area contributed by atoms with E-state index in [0.717, 1.165) is 0 Å². The minimum Gasteiger partial charge on any atom is -0.480 e. The van der Waals surface area contributed by atoms with Gasteiger partial charge in [-0.2, -0.15) is 9.82 Å². The van der Waals surface area contributed by atoms with Crippen molar-refractivity contribution in [3.05, 3.63) is 11.4 Å². The molecule has 0 radical (unpaired) electrons. The van der Waals surface area contributed by atoms with Crippen LogP contribution in [0.3, 0.4) is 0 Å². The van der Waals surface area contributed by atoms with Gasteiger partial charge >= 0.3 is 5.97 Å². The highest BCUT2D eigenvalue weighted by Gasteiger charge is 2.30. The molecule has 1 heterocycles. The standard InChI is InChI=1S/C15H27N3O4S/c1-9(2)7-13(15(19)20)17-23(21,22)14-11(5)16-18(12(14)6)8-10(3)4/h9-10,13,17H,7-8H2,1-6H3,(H,19,20). The van der Waals surface area contributed by atoms with Crippen molar-refractivity contribution < 1.29 is 18.3 Å². The zero-order valence-corrected chi connectivity index (χ0v) is 15.4. The number of nitrogens with zero attached hydrogens (tertiary/aromatic N) is 2. The van der Waals surface area contributed by atoms with Crippen LogP contribution in [0, 0.1) is 25.7 Å². The van der Waals surface area contributed by atoms with Crippen LogP contribution in [0.2, 0.25) is 0 Å². The number of carbonyl (C=O) groups is 1. The molecule has 0 aliphatic rings. The van der Waals surface area contributed by atoms with Crippen LogP contribution in [0.15, 0.2) is 4.90 Å². The highest BCUT2D eigenvalue weighted by Crippen LogP contribution is 2.21. The molecule has 1 atom stereocenters. The Labute approximate surface area is 138 Å². The Morgan fingerprint density at radius 3 is 2.22 bits per heavy atom. The van der Waals surface area contributed by atoms with E-state index in [9.17, 15) is 18.3 Å². The number of nitrogens with one attached hydrogen (secondary N) is 1. The first kappa shape index (κ1) is 19.6. The minimum absolute atomic E-state index is 0.0599. The second kappa shape index (κ2) is 7.44. The van der Waals surface area contributed by atoms with E-state index < -0.39 is 22.0 Å². The van der Waals surface area contributed by atoms with Crippen molar-refractivity contribution in [1.82, 2.24) is 14.5 Å². The van der Waals surface area contributed by atoms with Gasteiger partial charge in [0.05, 0.1) is 11.4 Å². The SMILES string of the molecule is Cc1nn(CC(C)C)c(C)c1S(=O)(=O)NC(CC(C)C)C(=O)O. The lowest BCUT2D eigenvalue weighted by Gasteiger charge is -2.17. The molecule has 0 fully saturated rings. The zero-order valence-electron chi connectivity index (χ0n) is 14.6. The van der Waals surface area contributed by atoms with E-state index in [-0.39, 0.29) is 17.2 Å². The van der Waals surface area contributed by atoms with E-state index >= 15 is 0 Å². The number of aromatic nitrogens is 2. The summed E-state index contributed by atoms with van der Waals surface area (Å²) in [7, 11) is -3.94. The average molecular weight is 345 g/mol. The number of rotatable bonds is 8. The molecule has 0 amide bonds. The largest absolute Gasteiger partial charge is 0.480 e. The summed E-state index contributed by atoms with van der Waals surface area (Å²) in [6, 6.07) is -1.15. The van der Waals surface area contributed by atoms with Crippen molar-refractivity contribution in [2.24, 2.45) is 11.8 Å². The first-order chi connectivity index (χ1) is 10.5. The molecule has 1 aromatic heterocycles. The van der Waals surface area contributed by atoms with Crippen LogP contribution in [-0.2, 0) is 21.4 Å². The molecule has 1 rings (SSSR count). The molecule has 0 saturated heterocycles. The maximum Gasteiger partial charge on any atom is 0.321 e. The maximum absolute atomic E-state index is 12.6. The summed E-state index contributed by atoms with van der Waals surface area (Å²) in [5.41, 5.74) is 0.904. The smallest absolute Gasteiger partial charge is 0.321 e. The zero-order chi connectivity index (χ0) is 17.9. The Balaban J connectivity index is 3.17. The van der Waals surface area contributed by atoms with Crippen molar-refractivity contribution in [3.63, 3.8) is 0 Å². The van der Waals surface area contributed by atoms with Crippen LogP contribution in [0.4, 0.5) is 0 Å². The summed E-state index contributed by atoms with van der Waals surface area (Å²) < 4.78 is 29.3. The normalized spacial score (nSPS) is 13.7. The first-order valence-corrected chi connectivity index (χ1v) is 9.23. The molecule has 1 unspecified atom stereocenters. The third-order valence-corrected chi connectivity index (χ3v) is 5.15. The molecule has 23 heavy (non-hydrogen) atoms. The number of hydrogen-bond acceptors (Lipinski definition) is 4. The second-order valence-electron chi connectivity index (χ2n) is 6.72. The van der Waals surface area contributed by atoms with Gasteiger partial charge in [0.15, 0.2) is 0 Å². The first-order valence-electron chi connectivity index (χ1n) is 7.74. The van der Waals surface area contributed by atoms with Gasteiger partial charge in [-0.15, -0.1) is 0 Å². The molecule has 7 nitrogen and oxygen atoms in total. The molecule has 0 bridgehead atoms. The predicted molar refractivity (Wildman–Crippen MR) is 87.7 cm³/mol. The van der Waals surface area contributed by atoms with Gasteiger partial charge in [-0.25, -0.2) is 8.42 Å². The van der Waals surface area contributed by atoms with Crippen LogP contribution in [-0.4, -0.2) is 35.3 Å². The van der Waals surface area contributed by atoms with Gasteiger partial charge in [-0.3, -0.25) is 9.48 Å². The molecule has 132 valence electrons. The van der Waals surface area contributed by atoms with Crippen LogP contribution in [0.5, 0.6) is 0 Å². The summed E-state index contributed by atoms with van der Waals surface area (Å²) in [4.78, 5) is 11.4. The van der Waals surface area contributed by atoms with Crippen LogP contribution in [0.1, 0.15) is 45.5 Å². The van der Waals surface area contributed by atoms with E-state index in [0.29, 0.717) is 23.9 Å². The summed E-state index contributed by atoms with van der Waals surface area (Å²) >= 11 is 0. The van der Waals surface area contributed by atoms with E-state index in [2.05, 4.69) is 9.82 Å². The molecule has 2 N–H and O–H groups in total. The third-order valence-electron chi connectivity index (χ3n) is 3.42. The highest BCUT2D eigenvalue weighted by molar-refractivity contribution is 7.89. The topological polar surface area (TPSA) is 101 Å². The second-order valence-corrected chi connectivity index (χ2v) is 8.37. The molecule has 8 heteroatoms. The average Bonchev–Trinajstić information content (AvgIpc) is 2.62. The molecule has 0 aliphatic carbocycles. The van der Waals surface area contributed by atoms with Gasteiger partial charge < -0.3 is 5.11 Å². The number of carboxylic acid groups (broad SMARTS) is 1. The number of aryl methyl sites for hydroxylation is 1. The number of sulfonamides is 1. The lowest BCUT2D eigenvalue weighted by molar-refractivity contribution is -0.139. The van der Waals surface area contributed by atoms with Crippen molar-refractivity contribution in [2.45, 2.75) is 65.4 Å². The fraction of sp³-hybridized carbons (Fsp3) is 0.733. The van der Waals surface area contributed by atoms with Crippen LogP contribution in [0.25, 0.3) is 0 Å². The van der Waals surface area contributed by atoms with Gasteiger partial charge in [0, 0.05) is 6.54 Å². The Morgan fingerprint density at radius 1 is 1.22 bits per heavy atom. The maximum atomic E-state index is 12.6. The Morgan fingerprint density at radius 2 is 1.78 bits per heavy atom. The van der Waals surface area contributed by atoms with Gasteiger partial charge in [0.2, 0.25) is 10.0 Å². The lowest BCUT2D eigenvalue weighted by Crippen LogP contribution is -2.41. The number of hydrogen-bond donors (Lipinski definition) is 2. The van der Waals surface area contributed by atoms with Crippen molar-refractivity contribution in [1.29, 1.82) is 0 Å². The Kier molecular flexibility index (Phi) is 6.35. The highest BCUT2D eigenvalue weighted by atomic mass is 32.2. The van der Waals surface area contributed by atoms with Gasteiger partial charge in [-0.1, -0.05) is 27.7 Å². The van der Waals surface area contributed by atoms with E-state index in [1.54, 1.807) is 18.5 Å². The van der Waals surface area contributed by atoms with E-state index in [1.165, 1.54) is 0 Å². The molecule has 0 saturated carbocycles. The van der Waals surface area contributed by atoms with Crippen LogP contribution >= 0.6 is 0 Å². The fourth-order valence-electron chi connectivity index (χ4n) is 2.51. The molecular formula is C15H27N3O4S. The molecule has 0 spiro atoms. The van der Waals surface area contributed by atoms with Crippen LogP contribution < -0.4 is 4.72 Å². The Bertz CT molecular complexity index is 663. The van der Waals surface area contributed by atoms with E-state index in [4.69, 9.17) is 0 Å². The number of aliphatic carboxylic acids is 1. The molecule has 0 aliphatic heterocycles. The van der Waals surface area contributed by atoms with Gasteiger partial charge in [0.25, 0.3) is 0 Å². The molecule has 0 aromatic carbocycles. The molecule has 1 aromatic rings. The summed E-state index contributed by atoms with van der Waals surface area (Å²) in [5.74, 6) is -0.791. The van der Waals surface area contributed by atoms with Gasteiger partial charge in [0.1, 0.15) is 10.9 Å². The minimum atomic E-state index is -3.94. The lowest BCUT2D eigenvalue weighted by atomic mass is 10.1.